The fourth-order valence-corrected chi connectivity index (χ4v) is 5.52. The van der Waals surface area contributed by atoms with E-state index >= 15 is 0 Å². The highest BCUT2D eigenvalue weighted by Gasteiger charge is 2.40. The van der Waals surface area contributed by atoms with Crippen molar-refractivity contribution in [3.05, 3.63) is 59.7 Å². The number of hydrogen-bond acceptors (Lipinski definition) is 3. The molecule has 0 radical (unpaired) electrons. The molecule has 6 heteroatoms. The highest BCUT2D eigenvalue weighted by Crippen LogP contribution is 2.39. The maximum atomic E-state index is 13.1. The first-order valence-electron chi connectivity index (χ1n) is 7.78. The van der Waals surface area contributed by atoms with Gasteiger partial charge in [0, 0.05) is 11.4 Å². The van der Waals surface area contributed by atoms with E-state index in [1.165, 1.54) is 0 Å². The monoisotopic (exact) mass is 409 g/mol. The number of rotatable bonds is 4. The second-order valence-corrected chi connectivity index (χ2v) is 9.20. The zero-order valence-corrected chi connectivity index (χ0v) is 16.0. The second-order valence-electron chi connectivity index (χ2n) is 6.01. The smallest absolute Gasteiger partial charge is 0.243 e. The number of nitrogens with zero attached hydrogens (tertiary/aromatic N) is 1. The molecule has 2 unspecified atom stereocenters. The molecule has 1 heterocycles. The minimum atomic E-state index is -3.53. The summed E-state index contributed by atoms with van der Waals surface area (Å²) in [6.07, 6.45) is 0.747. The SMILES string of the molecule is COc1ccc(C2CC(Br)CN2S(=O)(=O)c2ccc(C)cc2)cc1. The first-order chi connectivity index (χ1) is 11.4. The van der Waals surface area contributed by atoms with Gasteiger partial charge in [0.2, 0.25) is 10.0 Å². The number of benzene rings is 2. The Balaban J connectivity index is 1.96. The molecule has 0 N–H and O–H groups in total. The van der Waals surface area contributed by atoms with Gasteiger partial charge in [0.1, 0.15) is 5.75 Å². The van der Waals surface area contributed by atoms with E-state index in [1.807, 2.05) is 43.3 Å². The van der Waals surface area contributed by atoms with Gasteiger partial charge in [0.25, 0.3) is 0 Å². The van der Waals surface area contributed by atoms with Crippen molar-refractivity contribution >= 4 is 26.0 Å². The minimum absolute atomic E-state index is 0.143. The predicted octanol–water partition coefficient (Wildman–Crippen LogP) is 3.90. The summed E-state index contributed by atoms with van der Waals surface area (Å²) < 4.78 is 32.9. The molecule has 2 aromatic rings. The molecular weight excluding hydrogens is 390 g/mol. The van der Waals surface area contributed by atoms with Crippen LogP contribution in [0.25, 0.3) is 0 Å². The summed E-state index contributed by atoms with van der Waals surface area (Å²) in [5, 5.41) is 0. The van der Waals surface area contributed by atoms with Crippen molar-refractivity contribution in [2.75, 3.05) is 13.7 Å². The Morgan fingerprint density at radius 1 is 1.08 bits per heavy atom. The van der Waals surface area contributed by atoms with E-state index in [9.17, 15) is 8.42 Å². The van der Waals surface area contributed by atoms with Crippen molar-refractivity contribution in [1.82, 2.24) is 4.31 Å². The van der Waals surface area contributed by atoms with E-state index in [0.29, 0.717) is 11.4 Å². The number of ether oxygens (including phenoxy) is 1. The molecule has 128 valence electrons. The summed E-state index contributed by atoms with van der Waals surface area (Å²) in [5.74, 6) is 0.764. The van der Waals surface area contributed by atoms with Gasteiger partial charge in [-0.1, -0.05) is 45.8 Å². The van der Waals surface area contributed by atoms with E-state index < -0.39 is 10.0 Å². The molecule has 0 aliphatic carbocycles. The van der Waals surface area contributed by atoms with Crippen LogP contribution in [0.1, 0.15) is 23.6 Å². The third-order valence-electron chi connectivity index (χ3n) is 4.33. The van der Waals surface area contributed by atoms with Crippen molar-refractivity contribution in [2.24, 2.45) is 0 Å². The molecule has 0 saturated carbocycles. The van der Waals surface area contributed by atoms with Crippen LogP contribution >= 0.6 is 15.9 Å². The number of alkyl halides is 1. The van der Waals surface area contributed by atoms with Gasteiger partial charge in [0.15, 0.2) is 0 Å². The minimum Gasteiger partial charge on any atom is -0.497 e. The molecule has 4 nitrogen and oxygen atoms in total. The average molecular weight is 410 g/mol. The van der Waals surface area contributed by atoms with Gasteiger partial charge >= 0.3 is 0 Å². The molecule has 1 saturated heterocycles. The quantitative estimate of drug-likeness (QED) is 0.719. The number of halogens is 1. The normalized spacial score (nSPS) is 21.8. The highest BCUT2D eigenvalue weighted by molar-refractivity contribution is 9.09. The van der Waals surface area contributed by atoms with Crippen molar-refractivity contribution in [1.29, 1.82) is 0 Å². The molecule has 24 heavy (non-hydrogen) atoms. The zero-order chi connectivity index (χ0) is 17.3. The lowest BCUT2D eigenvalue weighted by molar-refractivity contribution is 0.394. The molecule has 1 fully saturated rings. The van der Waals surface area contributed by atoms with Crippen molar-refractivity contribution in [3.63, 3.8) is 0 Å². The van der Waals surface area contributed by atoms with Gasteiger partial charge in [0.05, 0.1) is 18.0 Å². The van der Waals surface area contributed by atoms with E-state index in [2.05, 4.69) is 15.9 Å². The Bertz CT molecular complexity index is 803. The lowest BCUT2D eigenvalue weighted by Gasteiger charge is -2.24. The lowest BCUT2D eigenvalue weighted by Crippen LogP contribution is -2.31. The Kier molecular flexibility index (Phi) is 4.99. The van der Waals surface area contributed by atoms with Gasteiger partial charge in [-0.15, -0.1) is 0 Å². The van der Waals surface area contributed by atoms with Crippen molar-refractivity contribution in [3.8, 4) is 5.75 Å². The molecule has 3 rings (SSSR count). The number of sulfonamides is 1. The van der Waals surface area contributed by atoms with Crippen LogP contribution in [0.15, 0.2) is 53.4 Å². The van der Waals surface area contributed by atoms with Gasteiger partial charge in [-0.05, 0) is 43.2 Å². The Morgan fingerprint density at radius 2 is 1.71 bits per heavy atom. The number of aryl methyl sites for hydroxylation is 1. The standard InChI is InChI=1S/C18H20BrNO3S/c1-13-3-9-17(10-4-13)24(21,22)20-12-15(19)11-18(20)14-5-7-16(23-2)8-6-14/h3-10,15,18H,11-12H2,1-2H3. The summed E-state index contributed by atoms with van der Waals surface area (Å²) in [4.78, 5) is 0.484. The first-order valence-corrected chi connectivity index (χ1v) is 10.1. The fraction of sp³-hybridized carbons (Fsp3) is 0.333. The van der Waals surface area contributed by atoms with Crippen LogP contribution in [0.5, 0.6) is 5.75 Å². The summed E-state index contributed by atoms with van der Waals surface area (Å²) in [5.41, 5.74) is 2.02. The maximum Gasteiger partial charge on any atom is 0.243 e. The van der Waals surface area contributed by atoms with E-state index in [1.54, 1.807) is 23.5 Å². The van der Waals surface area contributed by atoms with Gasteiger partial charge in [-0.3, -0.25) is 0 Å². The molecule has 2 atom stereocenters. The van der Waals surface area contributed by atoms with Gasteiger partial charge in [-0.25, -0.2) is 8.42 Å². The van der Waals surface area contributed by atoms with Crippen LogP contribution in [-0.2, 0) is 10.0 Å². The zero-order valence-electron chi connectivity index (χ0n) is 13.6. The molecule has 0 amide bonds. The fourth-order valence-electron chi connectivity index (χ4n) is 3.00. The molecular formula is C18H20BrNO3S. The van der Waals surface area contributed by atoms with Crippen LogP contribution < -0.4 is 4.74 Å². The second kappa shape index (κ2) is 6.86. The van der Waals surface area contributed by atoms with Gasteiger partial charge in [-0.2, -0.15) is 4.31 Å². The average Bonchev–Trinajstić information content (AvgIpc) is 2.98. The highest BCUT2D eigenvalue weighted by atomic mass is 79.9. The Morgan fingerprint density at radius 3 is 2.29 bits per heavy atom. The molecule has 0 spiro atoms. The molecule has 0 aromatic heterocycles. The van der Waals surface area contributed by atoms with Crippen LogP contribution in [0.2, 0.25) is 0 Å². The van der Waals surface area contributed by atoms with Crippen LogP contribution in [0.3, 0.4) is 0 Å². The third kappa shape index (κ3) is 3.36. The van der Waals surface area contributed by atoms with E-state index in [-0.39, 0.29) is 10.9 Å². The maximum absolute atomic E-state index is 13.1. The summed E-state index contributed by atoms with van der Waals surface area (Å²) >= 11 is 3.59. The van der Waals surface area contributed by atoms with Crippen molar-refractivity contribution in [2.45, 2.75) is 29.1 Å². The van der Waals surface area contributed by atoms with E-state index in [0.717, 1.165) is 23.3 Å². The van der Waals surface area contributed by atoms with Crippen molar-refractivity contribution < 1.29 is 13.2 Å². The van der Waals surface area contributed by atoms with Crippen LogP contribution in [0.4, 0.5) is 0 Å². The predicted molar refractivity (Wildman–Crippen MR) is 98.1 cm³/mol. The molecule has 1 aliphatic heterocycles. The van der Waals surface area contributed by atoms with Crippen LogP contribution in [0, 0.1) is 6.92 Å². The molecule has 1 aliphatic rings. The number of hydrogen-bond donors (Lipinski definition) is 0. The van der Waals surface area contributed by atoms with Gasteiger partial charge < -0.3 is 4.74 Å². The Labute approximate surface area is 151 Å². The summed E-state index contributed by atoms with van der Waals surface area (Å²) in [6.45, 7) is 2.41. The number of methoxy groups -OCH3 is 1. The van der Waals surface area contributed by atoms with Crippen LogP contribution in [-0.4, -0.2) is 31.2 Å². The third-order valence-corrected chi connectivity index (χ3v) is 6.89. The summed E-state index contributed by atoms with van der Waals surface area (Å²) in [6, 6.07) is 14.5. The largest absolute Gasteiger partial charge is 0.497 e. The topological polar surface area (TPSA) is 46.6 Å². The first kappa shape index (κ1) is 17.5. The molecule has 0 bridgehead atoms. The molecule has 2 aromatic carbocycles. The lowest BCUT2D eigenvalue weighted by atomic mass is 10.1. The Hall–Kier alpha value is -1.37. The van der Waals surface area contributed by atoms with E-state index in [4.69, 9.17) is 4.74 Å². The summed E-state index contributed by atoms with van der Waals surface area (Å²) in [7, 11) is -1.91.